The summed E-state index contributed by atoms with van der Waals surface area (Å²) in [5, 5.41) is 3.28. The molecular weight excluding hydrogens is 226 g/mol. The maximum atomic E-state index is 12.0. The highest BCUT2D eigenvalue weighted by Gasteiger charge is 2.16. The van der Waals surface area contributed by atoms with Gasteiger partial charge in [0.2, 0.25) is 5.91 Å². The first-order chi connectivity index (χ1) is 8.86. The van der Waals surface area contributed by atoms with Gasteiger partial charge in [-0.25, -0.2) is 0 Å². The number of nitrogens with one attached hydrogen (secondary N) is 1. The second-order valence-corrected chi connectivity index (χ2v) is 5.49. The van der Waals surface area contributed by atoms with E-state index in [2.05, 4.69) is 10.2 Å². The van der Waals surface area contributed by atoms with Crippen LogP contribution in [0.2, 0.25) is 0 Å². The van der Waals surface area contributed by atoms with Crippen LogP contribution in [-0.4, -0.2) is 61.5 Å². The van der Waals surface area contributed by atoms with Gasteiger partial charge < -0.3 is 15.1 Å². The molecule has 2 saturated heterocycles. The number of nitrogens with zero attached hydrogens (tertiary/aromatic N) is 2. The van der Waals surface area contributed by atoms with Gasteiger partial charge in [0.15, 0.2) is 0 Å². The first-order valence-electron chi connectivity index (χ1n) is 7.57. The van der Waals surface area contributed by atoms with Crippen molar-refractivity contribution in [1.29, 1.82) is 0 Å². The fourth-order valence-corrected chi connectivity index (χ4v) is 2.89. The fraction of sp³-hybridized carbons (Fsp3) is 0.929. The summed E-state index contributed by atoms with van der Waals surface area (Å²) in [6.45, 7) is 7.28. The summed E-state index contributed by atoms with van der Waals surface area (Å²) in [4.78, 5) is 16.5. The van der Waals surface area contributed by atoms with Crippen LogP contribution in [0.5, 0.6) is 0 Å². The van der Waals surface area contributed by atoms with Gasteiger partial charge in [-0.2, -0.15) is 0 Å². The van der Waals surface area contributed by atoms with Crippen molar-refractivity contribution in [2.24, 2.45) is 0 Å². The van der Waals surface area contributed by atoms with Gasteiger partial charge in [0.1, 0.15) is 0 Å². The molecule has 2 aliphatic rings. The third kappa shape index (κ3) is 4.58. The third-order valence-corrected chi connectivity index (χ3v) is 4.03. The van der Waals surface area contributed by atoms with Crippen LogP contribution in [0, 0.1) is 0 Å². The summed E-state index contributed by atoms with van der Waals surface area (Å²) >= 11 is 0. The van der Waals surface area contributed by atoms with Gasteiger partial charge in [-0.3, -0.25) is 4.79 Å². The number of hydrogen-bond donors (Lipinski definition) is 1. The van der Waals surface area contributed by atoms with Crippen molar-refractivity contribution in [2.75, 3.05) is 45.8 Å². The number of carbonyl (C=O) groups is 1. The lowest BCUT2D eigenvalue weighted by molar-refractivity contribution is -0.131. The lowest BCUT2D eigenvalue weighted by Crippen LogP contribution is -2.46. The Morgan fingerprint density at radius 3 is 2.28 bits per heavy atom. The Hall–Kier alpha value is -0.610. The van der Waals surface area contributed by atoms with Crippen LogP contribution in [0.25, 0.3) is 0 Å². The monoisotopic (exact) mass is 253 g/mol. The molecule has 0 atom stereocenters. The number of hydrogen-bond acceptors (Lipinski definition) is 3. The molecule has 104 valence electrons. The first kappa shape index (κ1) is 13.8. The molecule has 18 heavy (non-hydrogen) atoms. The minimum Gasteiger partial charge on any atom is -0.340 e. The van der Waals surface area contributed by atoms with Crippen molar-refractivity contribution >= 4 is 5.91 Å². The van der Waals surface area contributed by atoms with Crippen LogP contribution < -0.4 is 5.32 Å². The van der Waals surface area contributed by atoms with Gasteiger partial charge in [-0.1, -0.05) is 12.8 Å². The van der Waals surface area contributed by atoms with E-state index in [1.165, 1.54) is 38.8 Å². The molecule has 2 heterocycles. The van der Waals surface area contributed by atoms with Crippen molar-refractivity contribution in [2.45, 2.75) is 38.5 Å². The lowest BCUT2D eigenvalue weighted by Gasteiger charge is -2.28. The minimum absolute atomic E-state index is 0.353. The Bertz CT molecular complexity index is 243. The van der Waals surface area contributed by atoms with E-state index in [9.17, 15) is 4.79 Å². The molecule has 0 aromatic heterocycles. The number of rotatable bonds is 4. The van der Waals surface area contributed by atoms with Crippen molar-refractivity contribution in [3.63, 3.8) is 0 Å². The number of amides is 1. The van der Waals surface area contributed by atoms with Crippen molar-refractivity contribution in [1.82, 2.24) is 15.1 Å². The Balaban J connectivity index is 1.60. The van der Waals surface area contributed by atoms with Gasteiger partial charge >= 0.3 is 0 Å². The van der Waals surface area contributed by atoms with Crippen LogP contribution in [0.15, 0.2) is 0 Å². The quantitative estimate of drug-likeness (QED) is 0.814. The standard InChI is InChI=1S/C14H27N3O/c18-14(17-12-7-15-8-13-17)6-5-11-16-9-3-1-2-4-10-16/h15H,1-13H2. The molecule has 0 radical (unpaired) electrons. The molecule has 2 fully saturated rings. The molecule has 4 nitrogen and oxygen atoms in total. The largest absolute Gasteiger partial charge is 0.340 e. The topological polar surface area (TPSA) is 35.6 Å². The number of likely N-dealkylation sites (tertiary alicyclic amines) is 1. The number of piperazine rings is 1. The lowest BCUT2D eigenvalue weighted by atomic mass is 10.2. The zero-order chi connectivity index (χ0) is 12.6. The molecule has 0 aliphatic carbocycles. The first-order valence-corrected chi connectivity index (χ1v) is 7.57. The van der Waals surface area contributed by atoms with Crippen LogP contribution in [0.4, 0.5) is 0 Å². The highest BCUT2D eigenvalue weighted by molar-refractivity contribution is 5.76. The maximum Gasteiger partial charge on any atom is 0.222 e. The molecule has 4 heteroatoms. The average Bonchev–Trinajstić information content (AvgIpc) is 2.68. The van der Waals surface area contributed by atoms with Gasteiger partial charge in [-0.05, 0) is 38.9 Å². The van der Waals surface area contributed by atoms with Crippen LogP contribution in [-0.2, 0) is 4.79 Å². The van der Waals surface area contributed by atoms with E-state index in [4.69, 9.17) is 0 Å². The Labute approximate surface area is 111 Å². The number of carbonyl (C=O) groups excluding carboxylic acids is 1. The molecule has 0 bridgehead atoms. The predicted octanol–water partition coefficient (Wildman–Crippen LogP) is 1.07. The van der Waals surface area contributed by atoms with Crippen molar-refractivity contribution in [3.05, 3.63) is 0 Å². The SMILES string of the molecule is O=C(CCCN1CCCCCC1)N1CCNCC1. The summed E-state index contributed by atoms with van der Waals surface area (Å²) in [5.74, 6) is 0.353. The highest BCUT2D eigenvalue weighted by atomic mass is 16.2. The van der Waals surface area contributed by atoms with Crippen molar-refractivity contribution in [3.8, 4) is 0 Å². The molecule has 0 aromatic carbocycles. The molecular formula is C14H27N3O. The molecule has 0 spiro atoms. The second-order valence-electron chi connectivity index (χ2n) is 5.49. The molecule has 1 N–H and O–H groups in total. The molecule has 0 saturated carbocycles. The normalized spacial score (nSPS) is 22.8. The smallest absolute Gasteiger partial charge is 0.222 e. The average molecular weight is 253 g/mol. The molecule has 0 aromatic rings. The van der Waals surface area contributed by atoms with Gasteiger partial charge in [0, 0.05) is 32.6 Å². The summed E-state index contributed by atoms with van der Waals surface area (Å²) < 4.78 is 0. The van der Waals surface area contributed by atoms with Crippen LogP contribution in [0.3, 0.4) is 0 Å². The maximum absolute atomic E-state index is 12.0. The molecule has 1 amide bonds. The Kier molecular flexibility index (Phi) is 5.94. The van der Waals surface area contributed by atoms with E-state index < -0.39 is 0 Å². The second kappa shape index (κ2) is 7.74. The Morgan fingerprint density at radius 1 is 0.944 bits per heavy atom. The summed E-state index contributed by atoms with van der Waals surface area (Å²) in [5.41, 5.74) is 0. The van der Waals surface area contributed by atoms with E-state index in [-0.39, 0.29) is 0 Å². The third-order valence-electron chi connectivity index (χ3n) is 4.03. The van der Waals surface area contributed by atoms with E-state index >= 15 is 0 Å². The van der Waals surface area contributed by atoms with Gasteiger partial charge in [0.05, 0.1) is 0 Å². The van der Waals surface area contributed by atoms with Gasteiger partial charge in [0.25, 0.3) is 0 Å². The van der Waals surface area contributed by atoms with Gasteiger partial charge in [-0.15, -0.1) is 0 Å². The molecule has 2 rings (SSSR count). The zero-order valence-corrected chi connectivity index (χ0v) is 11.5. The van der Waals surface area contributed by atoms with E-state index in [1.54, 1.807) is 0 Å². The summed E-state index contributed by atoms with van der Waals surface area (Å²) in [7, 11) is 0. The van der Waals surface area contributed by atoms with E-state index in [1.807, 2.05) is 4.90 Å². The van der Waals surface area contributed by atoms with E-state index in [0.29, 0.717) is 5.91 Å². The highest BCUT2D eigenvalue weighted by Crippen LogP contribution is 2.10. The van der Waals surface area contributed by atoms with Crippen LogP contribution >= 0.6 is 0 Å². The van der Waals surface area contributed by atoms with Crippen LogP contribution in [0.1, 0.15) is 38.5 Å². The van der Waals surface area contributed by atoms with E-state index in [0.717, 1.165) is 45.6 Å². The minimum atomic E-state index is 0.353. The Morgan fingerprint density at radius 2 is 1.61 bits per heavy atom. The fourth-order valence-electron chi connectivity index (χ4n) is 2.89. The molecule has 0 unspecified atom stereocenters. The molecule has 2 aliphatic heterocycles. The predicted molar refractivity (Wildman–Crippen MR) is 73.6 cm³/mol. The summed E-state index contributed by atoms with van der Waals surface area (Å²) in [6.07, 6.45) is 7.21. The zero-order valence-electron chi connectivity index (χ0n) is 11.5. The van der Waals surface area contributed by atoms with Crippen molar-refractivity contribution < 1.29 is 4.79 Å². The summed E-state index contributed by atoms with van der Waals surface area (Å²) in [6, 6.07) is 0.